The SMILES string of the molecule is O=[N+]([O-])c1ccc2sc(C=Cc3ccsc3)nc2c1. The summed E-state index contributed by atoms with van der Waals surface area (Å²) in [7, 11) is 0. The molecule has 3 aromatic rings. The fourth-order valence-corrected chi connectivity index (χ4v) is 3.13. The van der Waals surface area contributed by atoms with Gasteiger partial charge in [-0.3, -0.25) is 10.1 Å². The van der Waals surface area contributed by atoms with Crippen LogP contribution < -0.4 is 0 Å². The van der Waals surface area contributed by atoms with E-state index in [9.17, 15) is 10.1 Å². The van der Waals surface area contributed by atoms with E-state index in [4.69, 9.17) is 0 Å². The first-order chi connectivity index (χ1) is 9.22. The van der Waals surface area contributed by atoms with Gasteiger partial charge in [0.15, 0.2) is 0 Å². The average Bonchev–Trinajstić information content (AvgIpc) is 3.04. The fourth-order valence-electron chi connectivity index (χ4n) is 1.66. The Balaban J connectivity index is 1.95. The highest BCUT2D eigenvalue weighted by molar-refractivity contribution is 7.19. The van der Waals surface area contributed by atoms with Crippen LogP contribution in [0, 0.1) is 10.1 Å². The van der Waals surface area contributed by atoms with Gasteiger partial charge in [-0.1, -0.05) is 6.08 Å². The van der Waals surface area contributed by atoms with Crippen molar-refractivity contribution in [1.29, 1.82) is 0 Å². The Hall–Kier alpha value is -2.05. The first-order valence-corrected chi connectivity index (χ1v) is 7.23. The summed E-state index contributed by atoms with van der Waals surface area (Å²) in [5.41, 5.74) is 1.88. The summed E-state index contributed by atoms with van der Waals surface area (Å²) in [4.78, 5) is 14.7. The smallest absolute Gasteiger partial charge is 0.258 e. The van der Waals surface area contributed by atoms with Crippen LogP contribution in [0.1, 0.15) is 10.6 Å². The van der Waals surface area contributed by atoms with E-state index in [0.717, 1.165) is 15.3 Å². The summed E-state index contributed by atoms with van der Waals surface area (Å²) in [6, 6.07) is 6.78. The Morgan fingerprint density at radius 3 is 2.89 bits per heavy atom. The molecule has 0 unspecified atom stereocenters. The average molecular weight is 288 g/mol. The summed E-state index contributed by atoms with van der Waals surface area (Å²) in [5, 5.41) is 15.6. The van der Waals surface area contributed by atoms with E-state index in [1.807, 2.05) is 23.6 Å². The first-order valence-electron chi connectivity index (χ1n) is 5.48. The zero-order valence-electron chi connectivity index (χ0n) is 9.65. The summed E-state index contributed by atoms with van der Waals surface area (Å²) >= 11 is 3.16. The lowest BCUT2D eigenvalue weighted by molar-refractivity contribution is -0.384. The van der Waals surface area contributed by atoms with Crippen molar-refractivity contribution >= 4 is 50.7 Å². The largest absolute Gasteiger partial charge is 0.271 e. The normalized spacial score (nSPS) is 11.4. The van der Waals surface area contributed by atoms with E-state index in [0.29, 0.717) is 5.52 Å². The predicted octanol–water partition coefficient (Wildman–Crippen LogP) is 4.44. The molecule has 2 aromatic heterocycles. The lowest BCUT2D eigenvalue weighted by Gasteiger charge is -1.89. The molecule has 0 saturated heterocycles. The van der Waals surface area contributed by atoms with Crippen molar-refractivity contribution in [3.63, 3.8) is 0 Å². The highest BCUT2D eigenvalue weighted by Crippen LogP contribution is 2.27. The van der Waals surface area contributed by atoms with Gasteiger partial charge < -0.3 is 0 Å². The molecular weight excluding hydrogens is 280 g/mol. The van der Waals surface area contributed by atoms with Crippen molar-refractivity contribution in [3.05, 3.63) is 55.7 Å². The van der Waals surface area contributed by atoms with Gasteiger partial charge in [0.2, 0.25) is 0 Å². The lowest BCUT2D eigenvalue weighted by atomic mass is 10.3. The molecular formula is C13H8N2O2S2. The van der Waals surface area contributed by atoms with E-state index >= 15 is 0 Å². The molecule has 2 heterocycles. The third-order valence-electron chi connectivity index (χ3n) is 2.56. The summed E-state index contributed by atoms with van der Waals surface area (Å²) in [6.45, 7) is 0. The van der Waals surface area contributed by atoms with Gasteiger partial charge in [0.05, 0.1) is 15.1 Å². The zero-order valence-corrected chi connectivity index (χ0v) is 11.3. The number of rotatable bonds is 3. The van der Waals surface area contributed by atoms with Crippen LogP contribution in [0.25, 0.3) is 22.4 Å². The molecule has 94 valence electrons. The molecule has 3 rings (SSSR count). The molecule has 6 heteroatoms. The number of hydrogen-bond donors (Lipinski definition) is 0. The number of fused-ring (bicyclic) bond motifs is 1. The number of nitrogens with zero attached hydrogens (tertiary/aromatic N) is 2. The monoisotopic (exact) mass is 288 g/mol. The maximum atomic E-state index is 10.7. The van der Waals surface area contributed by atoms with Crippen molar-refractivity contribution < 1.29 is 4.92 Å². The molecule has 0 aliphatic heterocycles. The molecule has 0 spiro atoms. The minimum absolute atomic E-state index is 0.0752. The molecule has 19 heavy (non-hydrogen) atoms. The second-order valence-corrected chi connectivity index (χ2v) is 5.69. The fraction of sp³-hybridized carbons (Fsp3) is 0. The third-order valence-corrected chi connectivity index (χ3v) is 4.26. The van der Waals surface area contributed by atoms with Crippen molar-refractivity contribution in [1.82, 2.24) is 4.98 Å². The number of nitro groups is 1. The summed E-state index contributed by atoms with van der Waals surface area (Å²) in [6.07, 6.45) is 3.92. The van der Waals surface area contributed by atoms with Crippen molar-refractivity contribution in [2.24, 2.45) is 0 Å². The third kappa shape index (κ3) is 2.54. The van der Waals surface area contributed by atoms with E-state index in [1.165, 1.54) is 23.5 Å². The summed E-state index contributed by atoms with van der Waals surface area (Å²) in [5.74, 6) is 0. The molecule has 0 radical (unpaired) electrons. The van der Waals surface area contributed by atoms with Crippen molar-refractivity contribution in [2.75, 3.05) is 0 Å². The quantitative estimate of drug-likeness (QED) is 0.529. The van der Waals surface area contributed by atoms with Gasteiger partial charge in [0.25, 0.3) is 5.69 Å². The zero-order chi connectivity index (χ0) is 13.2. The molecule has 0 saturated carbocycles. The molecule has 1 aromatic carbocycles. The van der Waals surface area contributed by atoms with Crippen molar-refractivity contribution in [3.8, 4) is 0 Å². The number of nitro benzene ring substituents is 1. The van der Waals surface area contributed by atoms with Crippen LogP contribution in [0.2, 0.25) is 0 Å². The number of benzene rings is 1. The Morgan fingerprint density at radius 2 is 2.16 bits per heavy atom. The maximum Gasteiger partial charge on any atom is 0.271 e. The first kappa shape index (κ1) is 12.0. The minimum Gasteiger partial charge on any atom is -0.258 e. The second kappa shape index (κ2) is 4.91. The van der Waals surface area contributed by atoms with Gasteiger partial charge in [-0.25, -0.2) is 4.98 Å². The molecule has 4 nitrogen and oxygen atoms in total. The Labute approximate surface area is 116 Å². The van der Waals surface area contributed by atoms with Crippen LogP contribution >= 0.6 is 22.7 Å². The minimum atomic E-state index is -0.403. The van der Waals surface area contributed by atoms with Gasteiger partial charge in [0.1, 0.15) is 5.01 Å². The van der Waals surface area contributed by atoms with E-state index in [2.05, 4.69) is 10.4 Å². The van der Waals surface area contributed by atoms with Gasteiger partial charge in [-0.15, -0.1) is 11.3 Å². The highest BCUT2D eigenvalue weighted by Gasteiger charge is 2.09. The van der Waals surface area contributed by atoms with Crippen LogP contribution in [0.15, 0.2) is 35.0 Å². The van der Waals surface area contributed by atoms with Crippen LogP contribution in [-0.4, -0.2) is 9.91 Å². The molecule has 0 aliphatic rings. The highest BCUT2D eigenvalue weighted by atomic mass is 32.1. The van der Waals surface area contributed by atoms with Gasteiger partial charge >= 0.3 is 0 Å². The standard InChI is InChI=1S/C13H8N2O2S2/c16-15(17)10-2-3-12-11(7-10)14-13(19-12)4-1-9-5-6-18-8-9/h1-8H. The molecule has 0 amide bonds. The van der Waals surface area contributed by atoms with Crippen LogP contribution in [0.4, 0.5) is 5.69 Å². The van der Waals surface area contributed by atoms with E-state index < -0.39 is 4.92 Å². The molecule has 0 aliphatic carbocycles. The van der Waals surface area contributed by atoms with Crippen molar-refractivity contribution in [2.45, 2.75) is 0 Å². The summed E-state index contributed by atoms with van der Waals surface area (Å²) < 4.78 is 0.954. The van der Waals surface area contributed by atoms with Crippen LogP contribution in [0.5, 0.6) is 0 Å². The number of hydrogen-bond acceptors (Lipinski definition) is 5. The second-order valence-electron chi connectivity index (χ2n) is 3.85. The topological polar surface area (TPSA) is 56.0 Å². The lowest BCUT2D eigenvalue weighted by Crippen LogP contribution is -1.86. The predicted molar refractivity (Wildman–Crippen MR) is 79.5 cm³/mol. The molecule has 0 bridgehead atoms. The Kier molecular flexibility index (Phi) is 3.10. The molecule has 0 N–H and O–H groups in total. The Morgan fingerprint density at radius 1 is 1.26 bits per heavy atom. The number of thiophene rings is 1. The van der Waals surface area contributed by atoms with Gasteiger partial charge in [0, 0.05) is 12.1 Å². The van der Waals surface area contributed by atoms with Crippen LogP contribution in [-0.2, 0) is 0 Å². The number of aromatic nitrogens is 1. The van der Waals surface area contributed by atoms with Gasteiger partial charge in [-0.2, -0.15) is 11.3 Å². The number of thiazole rings is 1. The maximum absolute atomic E-state index is 10.7. The van der Waals surface area contributed by atoms with E-state index in [1.54, 1.807) is 17.4 Å². The number of non-ortho nitro benzene ring substituents is 1. The van der Waals surface area contributed by atoms with Gasteiger partial charge in [-0.05, 0) is 34.5 Å². The molecule has 0 fully saturated rings. The Bertz CT molecular complexity index is 760. The molecule has 0 atom stereocenters. The van der Waals surface area contributed by atoms with Crippen LogP contribution in [0.3, 0.4) is 0 Å². The van der Waals surface area contributed by atoms with E-state index in [-0.39, 0.29) is 5.69 Å².